The number of anilines is 1. The van der Waals surface area contributed by atoms with E-state index in [1.54, 1.807) is 18.2 Å². The zero-order chi connectivity index (χ0) is 15.2. The summed E-state index contributed by atoms with van der Waals surface area (Å²) in [5.41, 5.74) is 2.02. The fourth-order valence-corrected chi connectivity index (χ4v) is 2.64. The highest BCUT2D eigenvalue weighted by atomic mass is 32.2. The lowest BCUT2D eigenvalue weighted by atomic mass is 10.0. The van der Waals surface area contributed by atoms with E-state index in [0.29, 0.717) is 11.7 Å². The van der Waals surface area contributed by atoms with E-state index in [1.807, 2.05) is 24.3 Å². The first-order valence-electron chi connectivity index (χ1n) is 6.86. The highest BCUT2D eigenvalue weighted by Crippen LogP contribution is 2.23. The maximum absolute atomic E-state index is 12.0. The molecule has 1 amide bonds. The van der Waals surface area contributed by atoms with Crippen molar-refractivity contribution in [3.8, 4) is 5.75 Å². The maximum atomic E-state index is 12.0. The summed E-state index contributed by atoms with van der Waals surface area (Å²) in [6.07, 6.45) is 0. The van der Waals surface area contributed by atoms with Gasteiger partial charge in [-0.3, -0.25) is 4.79 Å². The van der Waals surface area contributed by atoms with Gasteiger partial charge in [0.2, 0.25) is 5.91 Å². The minimum absolute atomic E-state index is 0.0516. The Morgan fingerprint density at radius 1 is 1.19 bits per heavy atom. The SMILES string of the molecule is CC(C)c1cccc(NC(=O)CSc2cccc(O)c2)c1. The van der Waals surface area contributed by atoms with Gasteiger partial charge >= 0.3 is 0 Å². The molecule has 0 aliphatic rings. The minimum atomic E-state index is -0.0516. The summed E-state index contributed by atoms with van der Waals surface area (Å²) in [6, 6.07) is 14.8. The van der Waals surface area contributed by atoms with Gasteiger partial charge in [-0.05, 0) is 41.8 Å². The Morgan fingerprint density at radius 2 is 1.95 bits per heavy atom. The number of phenols is 1. The number of amides is 1. The average molecular weight is 301 g/mol. The lowest BCUT2D eigenvalue weighted by Crippen LogP contribution is -2.14. The Labute approximate surface area is 129 Å². The number of rotatable bonds is 5. The van der Waals surface area contributed by atoms with Crippen LogP contribution in [0.5, 0.6) is 5.75 Å². The first-order chi connectivity index (χ1) is 10.0. The number of thioether (sulfide) groups is 1. The van der Waals surface area contributed by atoms with Crippen molar-refractivity contribution in [1.29, 1.82) is 0 Å². The molecule has 2 aromatic rings. The monoisotopic (exact) mass is 301 g/mol. The number of nitrogens with one attached hydrogen (secondary N) is 1. The molecule has 0 atom stereocenters. The van der Waals surface area contributed by atoms with Crippen LogP contribution in [0.3, 0.4) is 0 Å². The van der Waals surface area contributed by atoms with Gasteiger partial charge < -0.3 is 10.4 Å². The van der Waals surface area contributed by atoms with Crippen molar-refractivity contribution < 1.29 is 9.90 Å². The average Bonchev–Trinajstić information content (AvgIpc) is 2.45. The third-order valence-electron chi connectivity index (χ3n) is 3.02. The van der Waals surface area contributed by atoms with Gasteiger partial charge in [0.1, 0.15) is 5.75 Å². The molecule has 2 N–H and O–H groups in total. The molecule has 0 heterocycles. The summed E-state index contributed by atoms with van der Waals surface area (Å²) in [6.45, 7) is 4.25. The lowest BCUT2D eigenvalue weighted by Gasteiger charge is -2.09. The predicted molar refractivity (Wildman–Crippen MR) is 88.0 cm³/mol. The first-order valence-corrected chi connectivity index (χ1v) is 7.85. The van der Waals surface area contributed by atoms with Crippen LogP contribution in [-0.4, -0.2) is 16.8 Å². The summed E-state index contributed by atoms with van der Waals surface area (Å²) in [4.78, 5) is 12.8. The second-order valence-corrected chi connectivity index (χ2v) is 6.16. The van der Waals surface area contributed by atoms with Crippen molar-refractivity contribution >= 4 is 23.4 Å². The van der Waals surface area contributed by atoms with E-state index in [9.17, 15) is 9.90 Å². The Morgan fingerprint density at radius 3 is 2.67 bits per heavy atom. The number of phenolic OH excluding ortho intramolecular Hbond substituents is 1. The maximum Gasteiger partial charge on any atom is 0.234 e. The number of carbonyl (C=O) groups is 1. The van der Waals surface area contributed by atoms with Gasteiger partial charge in [-0.25, -0.2) is 0 Å². The van der Waals surface area contributed by atoms with Crippen LogP contribution in [0, 0.1) is 0 Å². The number of hydrogen-bond donors (Lipinski definition) is 2. The fourth-order valence-electron chi connectivity index (χ4n) is 1.89. The third-order valence-corrected chi connectivity index (χ3v) is 4.02. The molecular weight excluding hydrogens is 282 g/mol. The van der Waals surface area contributed by atoms with E-state index < -0.39 is 0 Å². The van der Waals surface area contributed by atoms with Gasteiger partial charge in [-0.1, -0.05) is 32.0 Å². The smallest absolute Gasteiger partial charge is 0.234 e. The molecule has 0 saturated heterocycles. The zero-order valence-electron chi connectivity index (χ0n) is 12.2. The molecule has 0 saturated carbocycles. The molecule has 0 radical (unpaired) electrons. The number of carbonyl (C=O) groups excluding carboxylic acids is 1. The molecule has 21 heavy (non-hydrogen) atoms. The molecule has 0 aromatic heterocycles. The minimum Gasteiger partial charge on any atom is -0.508 e. The van der Waals surface area contributed by atoms with Crippen LogP contribution < -0.4 is 5.32 Å². The molecule has 3 nitrogen and oxygen atoms in total. The summed E-state index contributed by atoms with van der Waals surface area (Å²) in [7, 11) is 0. The molecule has 0 spiro atoms. The molecule has 4 heteroatoms. The Bertz CT molecular complexity index is 626. The number of aromatic hydroxyl groups is 1. The standard InChI is InChI=1S/C17H19NO2S/c1-12(2)13-5-3-6-14(9-13)18-17(20)11-21-16-8-4-7-15(19)10-16/h3-10,12,19H,11H2,1-2H3,(H,18,20). The molecule has 0 fully saturated rings. The van der Waals surface area contributed by atoms with Crippen LogP contribution in [0.1, 0.15) is 25.3 Å². The zero-order valence-corrected chi connectivity index (χ0v) is 13.0. The molecule has 0 aliphatic carbocycles. The quantitative estimate of drug-likeness (QED) is 0.812. The molecule has 0 aliphatic heterocycles. The number of benzene rings is 2. The molecule has 2 rings (SSSR count). The van der Waals surface area contributed by atoms with Crippen molar-refractivity contribution in [3.05, 3.63) is 54.1 Å². The van der Waals surface area contributed by atoms with E-state index in [2.05, 4.69) is 25.2 Å². The third kappa shape index (κ3) is 4.83. The van der Waals surface area contributed by atoms with E-state index in [-0.39, 0.29) is 11.7 Å². The van der Waals surface area contributed by atoms with Crippen LogP contribution in [-0.2, 0) is 4.79 Å². The Balaban J connectivity index is 1.91. The fraction of sp³-hybridized carbons (Fsp3) is 0.235. The lowest BCUT2D eigenvalue weighted by molar-refractivity contribution is -0.113. The summed E-state index contributed by atoms with van der Waals surface area (Å²) in [5, 5.41) is 12.3. The van der Waals surface area contributed by atoms with Crippen molar-refractivity contribution in [2.24, 2.45) is 0 Å². The Hall–Kier alpha value is -1.94. The second kappa shape index (κ2) is 7.18. The van der Waals surface area contributed by atoms with Gasteiger partial charge in [0.15, 0.2) is 0 Å². The van der Waals surface area contributed by atoms with Gasteiger partial charge in [0, 0.05) is 10.6 Å². The highest BCUT2D eigenvalue weighted by molar-refractivity contribution is 8.00. The van der Waals surface area contributed by atoms with Crippen molar-refractivity contribution in [3.63, 3.8) is 0 Å². The van der Waals surface area contributed by atoms with Crippen molar-refractivity contribution in [1.82, 2.24) is 0 Å². The summed E-state index contributed by atoms with van der Waals surface area (Å²) in [5.74, 6) is 0.910. The molecule has 2 aromatic carbocycles. The largest absolute Gasteiger partial charge is 0.508 e. The topological polar surface area (TPSA) is 49.3 Å². The van der Waals surface area contributed by atoms with E-state index in [1.165, 1.54) is 17.3 Å². The van der Waals surface area contributed by atoms with Crippen LogP contribution in [0.15, 0.2) is 53.4 Å². The van der Waals surface area contributed by atoms with Crippen LogP contribution in [0.25, 0.3) is 0 Å². The molecule has 0 bridgehead atoms. The Kier molecular flexibility index (Phi) is 5.28. The van der Waals surface area contributed by atoms with Gasteiger partial charge in [0.05, 0.1) is 5.75 Å². The highest BCUT2D eigenvalue weighted by Gasteiger charge is 2.06. The molecule has 0 unspecified atom stereocenters. The number of hydrogen-bond acceptors (Lipinski definition) is 3. The first kappa shape index (κ1) is 15.4. The summed E-state index contributed by atoms with van der Waals surface area (Å²) < 4.78 is 0. The summed E-state index contributed by atoms with van der Waals surface area (Å²) >= 11 is 1.40. The van der Waals surface area contributed by atoms with Crippen molar-refractivity contribution in [2.75, 3.05) is 11.1 Å². The molecular formula is C17H19NO2S. The van der Waals surface area contributed by atoms with E-state index in [0.717, 1.165) is 10.6 Å². The van der Waals surface area contributed by atoms with E-state index >= 15 is 0 Å². The molecule has 110 valence electrons. The van der Waals surface area contributed by atoms with Crippen molar-refractivity contribution in [2.45, 2.75) is 24.7 Å². The van der Waals surface area contributed by atoms with Crippen LogP contribution >= 0.6 is 11.8 Å². The van der Waals surface area contributed by atoms with Crippen LogP contribution in [0.2, 0.25) is 0 Å². The van der Waals surface area contributed by atoms with Gasteiger partial charge in [-0.2, -0.15) is 0 Å². The van der Waals surface area contributed by atoms with Gasteiger partial charge in [-0.15, -0.1) is 11.8 Å². The second-order valence-electron chi connectivity index (χ2n) is 5.11. The van der Waals surface area contributed by atoms with Crippen LogP contribution in [0.4, 0.5) is 5.69 Å². The van der Waals surface area contributed by atoms with E-state index in [4.69, 9.17) is 0 Å². The predicted octanol–water partition coefficient (Wildman–Crippen LogP) is 4.25. The normalized spacial score (nSPS) is 10.6. The van der Waals surface area contributed by atoms with Gasteiger partial charge in [0.25, 0.3) is 0 Å².